The zero-order valence-electron chi connectivity index (χ0n) is 10.9. The fraction of sp³-hybridized carbons (Fsp3) is 0.500. The lowest BCUT2D eigenvalue weighted by atomic mass is 10.2. The number of hydrogen-bond donors (Lipinski definition) is 1. The second kappa shape index (κ2) is 6.50. The van der Waals surface area contributed by atoms with Crippen LogP contribution < -0.4 is 10.6 Å². The minimum absolute atomic E-state index is 0.201. The van der Waals surface area contributed by atoms with Crippen molar-refractivity contribution in [1.82, 2.24) is 4.90 Å². The van der Waals surface area contributed by atoms with Crippen molar-refractivity contribution in [2.75, 3.05) is 37.6 Å². The first-order valence-corrected chi connectivity index (χ1v) is 6.57. The summed E-state index contributed by atoms with van der Waals surface area (Å²) in [6.45, 7) is 4.62. The van der Waals surface area contributed by atoms with Gasteiger partial charge in [0.25, 0.3) is 0 Å². The third-order valence-electron chi connectivity index (χ3n) is 3.49. The number of anilines is 1. The number of rotatable bonds is 4. The Morgan fingerprint density at radius 1 is 1.21 bits per heavy atom. The van der Waals surface area contributed by atoms with Gasteiger partial charge in [-0.25, -0.2) is 4.39 Å². The molecule has 2 rings (SSSR count). The van der Waals surface area contributed by atoms with Crippen LogP contribution in [0.2, 0.25) is 0 Å². The third-order valence-corrected chi connectivity index (χ3v) is 3.49. The second-order valence-electron chi connectivity index (χ2n) is 4.83. The Hall–Kier alpha value is -1.64. The van der Waals surface area contributed by atoms with E-state index in [0.717, 1.165) is 38.4 Å². The largest absolute Gasteiger partial charge is 0.369 e. The van der Waals surface area contributed by atoms with Gasteiger partial charge in [0, 0.05) is 38.4 Å². The smallest absolute Gasteiger partial charge is 0.123 e. The zero-order chi connectivity index (χ0) is 13.7. The minimum Gasteiger partial charge on any atom is -0.369 e. The van der Waals surface area contributed by atoms with E-state index in [1.165, 1.54) is 12.1 Å². The second-order valence-corrected chi connectivity index (χ2v) is 4.83. The van der Waals surface area contributed by atoms with Crippen molar-refractivity contribution in [3.05, 3.63) is 30.1 Å². The Kier molecular flexibility index (Phi) is 4.72. The average Bonchev–Trinajstić information content (AvgIpc) is 2.46. The number of piperazine rings is 1. The quantitative estimate of drug-likeness (QED) is 0.885. The van der Waals surface area contributed by atoms with E-state index in [-0.39, 0.29) is 11.9 Å². The van der Waals surface area contributed by atoms with Crippen LogP contribution in [-0.2, 0) is 0 Å². The van der Waals surface area contributed by atoms with E-state index < -0.39 is 0 Å². The van der Waals surface area contributed by atoms with Gasteiger partial charge < -0.3 is 10.6 Å². The van der Waals surface area contributed by atoms with Crippen LogP contribution in [0.4, 0.5) is 10.1 Å². The predicted octanol–water partition coefficient (Wildman–Crippen LogP) is 1.19. The van der Waals surface area contributed by atoms with Gasteiger partial charge in [-0.3, -0.25) is 4.90 Å². The lowest BCUT2D eigenvalue weighted by Gasteiger charge is -2.36. The molecule has 1 aromatic rings. The van der Waals surface area contributed by atoms with E-state index in [1.807, 2.05) is 18.2 Å². The topological polar surface area (TPSA) is 56.3 Å². The molecule has 0 saturated carbocycles. The highest BCUT2D eigenvalue weighted by atomic mass is 19.1. The van der Waals surface area contributed by atoms with Crippen LogP contribution in [0.25, 0.3) is 0 Å². The van der Waals surface area contributed by atoms with Gasteiger partial charge in [-0.15, -0.1) is 0 Å². The van der Waals surface area contributed by atoms with Crippen LogP contribution in [0.3, 0.4) is 0 Å². The van der Waals surface area contributed by atoms with Gasteiger partial charge in [0.05, 0.1) is 12.1 Å². The van der Waals surface area contributed by atoms with E-state index in [2.05, 4.69) is 9.80 Å². The van der Waals surface area contributed by atoms with Gasteiger partial charge in [-0.2, -0.15) is 5.26 Å². The molecule has 102 valence electrons. The van der Waals surface area contributed by atoms with E-state index in [1.54, 1.807) is 0 Å². The summed E-state index contributed by atoms with van der Waals surface area (Å²) in [5, 5.41) is 8.65. The molecule has 0 radical (unpaired) electrons. The molecule has 1 aromatic carbocycles. The predicted molar refractivity (Wildman–Crippen MR) is 73.3 cm³/mol. The molecular weight excluding hydrogens is 243 g/mol. The van der Waals surface area contributed by atoms with Crippen molar-refractivity contribution >= 4 is 5.69 Å². The fourth-order valence-corrected chi connectivity index (χ4v) is 2.27. The van der Waals surface area contributed by atoms with Gasteiger partial charge >= 0.3 is 0 Å². The molecule has 1 saturated heterocycles. The highest BCUT2D eigenvalue weighted by Crippen LogP contribution is 2.16. The van der Waals surface area contributed by atoms with Crippen LogP contribution in [-0.4, -0.2) is 43.7 Å². The molecule has 5 heteroatoms. The van der Waals surface area contributed by atoms with Crippen LogP contribution in [0.1, 0.15) is 6.42 Å². The maximum Gasteiger partial charge on any atom is 0.123 e. The highest BCUT2D eigenvalue weighted by molar-refractivity contribution is 5.46. The number of hydrogen-bond acceptors (Lipinski definition) is 4. The molecule has 1 unspecified atom stereocenters. The first-order valence-electron chi connectivity index (χ1n) is 6.57. The van der Waals surface area contributed by atoms with Gasteiger partial charge in [-0.05, 0) is 30.7 Å². The van der Waals surface area contributed by atoms with Crippen molar-refractivity contribution in [3.63, 3.8) is 0 Å². The molecule has 0 bridgehead atoms. The minimum atomic E-state index is -0.366. The summed E-state index contributed by atoms with van der Waals surface area (Å²) in [6, 6.07) is 8.30. The summed E-state index contributed by atoms with van der Waals surface area (Å²) in [6.07, 6.45) is 0.715. The van der Waals surface area contributed by atoms with Crippen molar-refractivity contribution in [3.8, 4) is 6.07 Å². The Morgan fingerprint density at radius 2 is 1.84 bits per heavy atom. The lowest BCUT2D eigenvalue weighted by Crippen LogP contribution is -2.47. The summed E-state index contributed by atoms with van der Waals surface area (Å²) >= 11 is 0. The number of nitrogens with zero attached hydrogens (tertiary/aromatic N) is 3. The SMILES string of the molecule is N#CC(N)CCN1CCN(c2ccc(F)cc2)CC1. The van der Waals surface area contributed by atoms with Gasteiger partial charge in [0.15, 0.2) is 0 Å². The van der Waals surface area contributed by atoms with E-state index in [4.69, 9.17) is 11.0 Å². The van der Waals surface area contributed by atoms with E-state index in [0.29, 0.717) is 6.42 Å². The summed E-state index contributed by atoms with van der Waals surface area (Å²) in [5.74, 6) is -0.201. The fourth-order valence-electron chi connectivity index (χ4n) is 2.27. The van der Waals surface area contributed by atoms with Crippen LogP contribution in [0.5, 0.6) is 0 Å². The molecule has 0 aliphatic carbocycles. The maximum atomic E-state index is 12.9. The standard InChI is InChI=1S/C14H19FN4/c15-12-1-3-14(4-2-12)19-9-7-18(8-10-19)6-5-13(17)11-16/h1-4,13H,5-10,17H2. The summed E-state index contributed by atoms with van der Waals surface area (Å²) in [5.41, 5.74) is 6.65. The number of halogens is 1. The Bertz CT molecular complexity index is 432. The Morgan fingerprint density at radius 3 is 2.42 bits per heavy atom. The van der Waals surface area contributed by atoms with E-state index >= 15 is 0 Å². The van der Waals surface area contributed by atoms with Gasteiger partial charge in [0.2, 0.25) is 0 Å². The molecule has 1 aliphatic rings. The zero-order valence-corrected chi connectivity index (χ0v) is 10.9. The normalized spacial score (nSPS) is 18.1. The molecule has 0 aromatic heterocycles. The first-order chi connectivity index (χ1) is 9.19. The third kappa shape index (κ3) is 3.91. The van der Waals surface area contributed by atoms with Crippen LogP contribution in [0.15, 0.2) is 24.3 Å². The van der Waals surface area contributed by atoms with Crippen LogP contribution >= 0.6 is 0 Å². The molecule has 1 aliphatic heterocycles. The summed E-state index contributed by atoms with van der Waals surface area (Å²) in [7, 11) is 0. The Balaban J connectivity index is 1.79. The van der Waals surface area contributed by atoms with Crippen molar-refractivity contribution in [2.45, 2.75) is 12.5 Å². The van der Waals surface area contributed by atoms with Crippen LogP contribution in [0, 0.1) is 17.1 Å². The average molecular weight is 262 g/mol. The number of benzene rings is 1. The summed E-state index contributed by atoms with van der Waals surface area (Å²) in [4.78, 5) is 4.57. The van der Waals surface area contributed by atoms with E-state index in [9.17, 15) is 4.39 Å². The molecule has 0 spiro atoms. The molecule has 0 amide bonds. The molecule has 2 N–H and O–H groups in total. The van der Waals surface area contributed by atoms with Gasteiger partial charge in [0.1, 0.15) is 5.82 Å². The van der Waals surface area contributed by atoms with Gasteiger partial charge in [-0.1, -0.05) is 0 Å². The number of nitriles is 1. The van der Waals surface area contributed by atoms with Crippen molar-refractivity contribution in [2.24, 2.45) is 5.73 Å². The number of nitrogens with two attached hydrogens (primary N) is 1. The molecule has 1 atom stereocenters. The lowest BCUT2D eigenvalue weighted by molar-refractivity contribution is 0.252. The Labute approximate surface area is 113 Å². The molecule has 1 fully saturated rings. The van der Waals surface area contributed by atoms with Crippen molar-refractivity contribution in [1.29, 1.82) is 5.26 Å². The molecular formula is C14H19FN4. The first kappa shape index (κ1) is 13.8. The molecule has 4 nitrogen and oxygen atoms in total. The maximum absolute atomic E-state index is 12.9. The highest BCUT2D eigenvalue weighted by Gasteiger charge is 2.17. The molecule has 1 heterocycles. The summed E-state index contributed by atoms with van der Waals surface area (Å²) < 4.78 is 12.9. The molecule has 19 heavy (non-hydrogen) atoms. The van der Waals surface area contributed by atoms with Crippen molar-refractivity contribution < 1.29 is 4.39 Å². The monoisotopic (exact) mass is 262 g/mol.